The second kappa shape index (κ2) is 18.9. The van der Waals surface area contributed by atoms with E-state index < -0.39 is 109 Å². The highest BCUT2D eigenvalue weighted by Crippen LogP contribution is 2.30. The maximum Gasteiger partial charge on any atom is 0.308 e. The molecule has 0 aromatic heterocycles. The summed E-state index contributed by atoms with van der Waals surface area (Å²) in [6, 6.07) is -4.06. The minimum atomic E-state index is -1.74. The molecule has 3 heterocycles. The van der Waals surface area contributed by atoms with E-state index in [1.54, 1.807) is 20.8 Å². The number of fused-ring (bicyclic) bond motifs is 1. The lowest BCUT2D eigenvalue weighted by Crippen LogP contribution is -2.61. The highest BCUT2D eigenvalue weighted by molar-refractivity contribution is 5.96. The maximum atomic E-state index is 14.3. The van der Waals surface area contributed by atoms with Crippen LogP contribution in [0, 0.1) is 11.8 Å². The van der Waals surface area contributed by atoms with Crippen LogP contribution in [0.3, 0.4) is 0 Å². The summed E-state index contributed by atoms with van der Waals surface area (Å²) in [7, 11) is 2.93. The third-order valence-electron chi connectivity index (χ3n) is 10.7. The zero-order valence-electron chi connectivity index (χ0n) is 32.9. The van der Waals surface area contributed by atoms with Gasteiger partial charge < -0.3 is 60.0 Å². The van der Waals surface area contributed by atoms with Crippen molar-refractivity contribution in [2.75, 3.05) is 33.8 Å². The molecule has 308 valence electrons. The maximum absolute atomic E-state index is 14.3. The summed E-state index contributed by atoms with van der Waals surface area (Å²) < 4.78 is 17.2. The van der Waals surface area contributed by atoms with Crippen LogP contribution in [0.15, 0.2) is 0 Å². The van der Waals surface area contributed by atoms with Gasteiger partial charge in [0.1, 0.15) is 48.6 Å². The SMILES string of the molecule is CCC(C)C1NC(=O)C2CCCN2C(=O)C(CC(C)(C)OC2OC(CO)C(O)C(O)C2O)OC(=O)CCNC(=O)C(C)N(C)C(=O)C(C(C)C)N(C)C1=O. The van der Waals surface area contributed by atoms with E-state index in [4.69, 9.17) is 14.2 Å². The van der Waals surface area contributed by atoms with E-state index in [-0.39, 0.29) is 44.2 Å². The van der Waals surface area contributed by atoms with Crippen molar-refractivity contribution in [2.45, 2.75) is 147 Å². The third-order valence-corrected chi connectivity index (χ3v) is 10.7. The summed E-state index contributed by atoms with van der Waals surface area (Å²) in [4.78, 5) is 86.5. The zero-order valence-corrected chi connectivity index (χ0v) is 32.9. The van der Waals surface area contributed by atoms with Gasteiger partial charge in [0.15, 0.2) is 12.4 Å². The lowest BCUT2D eigenvalue weighted by molar-refractivity contribution is -0.324. The number of carbonyl (C=O) groups excluding carboxylic acids is 6. The molecule has 11 atom stereocenters. The average molecular weight is 772 g/mol. The first-order valence-corrected chi connectivity index (χ1v) is 18.8. The number of aliphatic hydroxyl groups is 4. The Morgan fingerprint density at radius 2 is 1.57 bits per heavy atom. The Morgan fingerprint density at radius 3 is 2.17 bits per heavy atom. The summed E-state index contributed by atoms with van der Waals surface area (Å²) >= 11 is 0. The lowest BCUT2D eigenvalue weighted by atomic mass is 9.94. The molecule has 11 unspecified atom stereocenters. The molecule has 0 aromatic carbocycles. The van der Waals surface area contributed by atoms with Crippen LogP contribution in [0.5, 0.6) is 0 Å². The Kier molecular flexibility index (Phi) is 15.8. The molecule has 3 rings (SSSR count). The molecule has 18 nitrogen and oxygen atoms in total. The Labute approximate surface area is 316 Å². The van der Waals surface area contributed by atoms with Gasteiger partial charge in [0.2, 0.25) is 23.6 Å². The van der Waals surface area contributed by atoms with Crippen LogP contribution >= 0.6 is 0 Å². The number of nitrogens with zero attached hydrogens (tertiary/aromatic N) is 3. The third kappa shape index (κ3) is 10.5. The molecule has 3 fully saturated rings. The number of nitrogens with one attached hydrogen (secondary N) is 2. The van der Waals surface area contributed by atoms with Gasteiger partial charge in [-0.05, 0) is 45.4 Å². The molecule has 0 saturated carbocycles. The molecular weight excluding hydrogens is 710 g/mol. The fraction of sp³-hybridized carbons (Fsp3) is 0.833. The number of rotatable bonds is 8. The first-order valence-electron chi connectivity index (χ1n) is 18.8. The summed E-state index contributed by atoms with van der Waals surface area (Å²) in [5.74, 6) is -4.49. The van der Waals surface area contributed by atoms with E-state index in [0.29, 0.717) is 12.8 Å². The lowest BCUT2D eigenvalue weighted by Gasteiger charge is -2.43. The minimum Gasteiger partial charge on any atom is -0.452 e. The molecule has 0 aromatic rings. The van der Waals surface area contributed by atoms with Crippen LogP contribution in [0.1, 0.15) is 80.6 Å². The Morgan fingerprint density at radius 1 is 0.926 bits per heavy atom. The van der Waals surface area contributed by atoms with Crippen molar-refractivity contribution in [2.24, 2.45) is 11.8 Å². The molecule has 0 radical (unpaired) electrons. The van der Waals surface area contributed by atoms with Crippen molar-refractivity contribution in [1.82, 2.24) is 25.3 Å². The molecule has 0 bridgehead atoms. The smallest absolute Gasteiger partial charge is 0.308 e. The number of amides is 5. The molecule has 0 spiro atoms. The van der Waals surface area contributed by atoms with E-state index in [2.05, 4.69) is 10.6 Å². The van der Waals surface area contributed by atoms with Crippen molar-refractivity contribution in [3.63, 3.8) is 0 Å². The Balaban J connectivity index is 2.00. The number of cyclic esters (lactones) is 1. The van der Waals surface area contributed by atoms with Gasteiger partial charge in [0.05, 0.1) is 18.6 Å². The van der Waals surface area contributed by atoms with Crippen LogP contribution < -0.4 is 10.6 Å². The average Bonchev–Trinajstić information content (AvgIpc) is 3.61. The normalized spacial score (nSPS) is 33.8. The van der Waals surface area contributed by atoms with Crippen molar-refractivity contribution in [3.8, 4) is 0 Å². The van der Waals surface area contributed by atoms with E-state index >= 15 is 0 Å². The fourth-order valence-corrected chi connectivity index (χ4v) is 7.06. The number of aliphatic hydroxyl groups excluding tert-OH is 4. The van der Waals surface area contributed by atoms with E-state index in [0.717, 1.165) is 0 Å². The minimum absolute atomic E-state index is 0.130. The fourth-order valence-electron chi connectivity index (χ4n) is 7.06. The highest BCUT2D eigenvalue weighted by atomic mass is 16.7. The predicted molar refractivity (Wildman–Crippen MR) is 191 cm³/mol. The molecule has 3 saturated heterocycles. The van der Waals surface area contributed by atoms with Crippen molar-refractivity contribution < 1.29 is 63.4 Å². The molecule has 0 aliphatic carbocycles. The van der Waals surface area contributed by atoms with E-state index in [1.807, 2.05) is 6.92 Å². The second-order valence-corrected chi connectivity index (χ2v) is 15.6. The van der Waals surface area contributed by atoms with Crippen molar-refractivity contribution in [1.29, 1.82) is 0 Å². The topological polar surface area (TPSA) is 245 Å². The molecular formula is C36H61N5O13. The molecule has 5 amide bonds. The van der Waals surface area contributed by atoms with Crippen molar-refractivity contribution >= 4 is 35.5 Å². The van der Waals surface area contributed by atoms with Crippen LogP contribution in [0.25, 0.3) is 0 Å². The number of likely N-dealkylation sites (N-methyl/N-ethyl adjacent to an activating group) is 2. The van der Waals surface area contributed by atoms with Gasteiger partial charge in [-0.3, -0.25) is 28.8 Å². The molecule has 18 heteroatoms. The summed E-state index contributed by atoms with van der Waals surface area (Å²) in [6.07, 6.45) is -8.96. The van der Waals surface area contributed by atoms with Gasteiger partial charge in [0.25, 0.3) is 5.91 Å². The Hall–Kier alpha value is -3.42. The largest absolute Gasteiger partial charge is 0.452 e. The van der Waals surface area contributed by atoms with E-state index in [1.165, 1.54) is 49.6 Å². The summed E-state index contributed by atoms with van der Waals surface area (Å²) in [5, 5.41) is 46.2. The number of hydrogen-bond donors (Lipinski definition) is 6. The summed E-state index contributed by atoms with van der Waals surface area (Å²) in [6.45, 7) is 11.0. The molecule has 6 N–H and O–H groups in total. The van der Waals surface area contributed by atoms with Gasteiger partial charge in [-0.1, -0.05) is 34.1 Å². The quantitative estimate of drug-likeness (QED) is 0.150. The second-order valence-electron chi connectivity index (χ2n) is 15.6. The predicted octanol–water partition coefficient (Wildman–Crippen LogP) is -1.74. The Bertz CT molecular complexity index is 1360. The van der Waals surface area contributed by atoms with Crippen LogP contribution in [0.4, 0.5) is 0 Å². The first-order chi connectivity index (χ1) is 25.2. The monoisotopic (exact) mass is 771 g/mol. The van der Waals surface area contributed by atoms with Gasteiger partial charge in [0, 0.05) is 33.6 Å². The standard InChI is InChI=1S/C36H61N5O13/c1-10-19(4)25-33(50)40(9)26(18(2)3)34(51)39(8)20(5)30(47)37-14-13-24(43)52-22(32(49)41-15-11-12-21(41)31(48)38-25)16-36(6,7)54-35-29(46)28(45)27(44)23(17-42)53-35/h18-23,25-29,35,42,44-46H,10-17H2,1-9H3,(H,37,47)(H,38,48). The van der Waals surface area contributed by atoms with Crippen LogP contribution in [-0.2, 0) is 43.0 Å². The van der Waals surface area contributed by atoms with Gasteiger partial charge in [-0.25, -0.2) is 0 Å². The van der Waals surface area contributed by atoms with Crippen LogP contribution in [0.2, 0.25) is 0 Å². The molecule has 3 aliphatic rings. The van der Waals surface area contributed by atoms with E-state index in [9.17, 15) is 49.2 Å². The first kappa shape index (κ1) is 45.0. The molecule has 54 heavy (non-hydrogen) atoms. The van der Waals surface area contributed by atoms with Crippen molar-refractivity contribution in [3.05, 3.63) is 0 Å². The zero-order chi connectivity index (χ0) is 40.8. The van der Waals surface area contributed by atoms with Gasteiger partial charge in [-0.2, -0.15) is 0 Å². The van der Waals surface area contributed by atoms with Gasteiger partial charge in [-0.15, -0.1) is 0 Å². The number of hydrogen-bond acceptors (Lipinski definition) is 13. The highest BCUT2D eigenvalue weighted by Gasteiger charge is 2.48. The molecule has 3 aliphatic heterocycles. The number of esters is 1. The number of ether oxygens (including phenoxy) is 3. The van der Waals surface area contributed by atoms with Gasteiger partial charge >= 0.3 is 5.97 Å². The summed E-state index contributed by atoms with van der Waals surface area (Å²) in [5.41, 5.74) is -1.42. The number of carbonyl (C=O) groups is 6. The van der Waals surface area contributed by atoms with Crippen LogP contribution in [-0.4, -0.2) is 171 Å².